The predicted molar refractivity (Wildman–Crippen MR) is 81.1 cm³/mol. The fourth-order valence-electron chi connectivity index (χ4n) is 3.27. The highest BCUT2D eigenvalue weighted by Crippen LogP contribution is 2.30. The molecule has 20 heavy (non-hydrogen) atoms. The van der Waals surface area contributed by atoms with E-state index in [1.54, 1.807) is 0 Å². The maximum atomic E-state index is 6.07. The Balaban J connectivity index is 1.79. The van der Waals surface area contributed by atoms with Gasteiger partial charge in [-0.3, -0.25) is 4.90 Å². The zero-order chi connectivity index (χ0) is 14.1. The number of fused-ring (bicyclic) bond motifs is 1. The van der Waals surface area contributed by atoms with Crippen LogP contribution in [-0.2, 0) is 6.42 Å². The lowest BCUT2D eigenvalue weighted by Gasteiger charge is -2.41. The smallest absolute Gasteiger partial charge is 0.122 e. The second-order valence-corrected chi connectivity index (χ2v) is 6.04. The Morgan fingerprint density at radius 3 is 3.00 bits per heavy atom. The van der Waals surface area contributed by atoms with E-state index in [9.17, 15) is 0 Å². The highest BCUT2D eigenvalue weighted by atomic mass is 16.5. The maximum Gasteiger partial charge on any atom is 0.122 e. The summed E-state index contributed by atoms with van der Waals surface area (Å²) in [6.45, 7) is 7.08. The third-order valence-corrected chi connectivity index (χ3v) is 4.75. The number of hydrogen-bond acceptors (Lipinski definition) is 4. The molecule has 4 heteroatoms. The molecule has 2 N–H and O–H groups in total. The number of piperazine rings is 1. The number of ether oxygens (including phenoxy) is 1. The molecular weight excluding hydrogens is 250 g/mol. The van der Waals surface area contributed by atoms with E-state index in [-0.39, 0.29) is 0 Å². The monoisotopic (exact) mass is 275 g/mol. The number of nitrogens with two attached hydrogens (primary N) is 1. The predicted octanol–water partition coefficient (Wildman–Crippen LogP) is 1.26. The Bertz CT molecular complexity index is 477. The molecule has 0 radical (unpaired) electrons. The average molecular weight is 275 g/mol. The summed E-state index contributed by atoms with van der Waals surface area (Å²) in [6.07, 6.45) is 1.03. The lowest BCUT2D eigenvalue weighted by Crippen LogP contribution is -2.52. The number of nitrogens with zero attached hydrogens (tertiary/aromatic N) is 2. The van der Waals surface area contributed by atoms with Crippen molar-refractivity contribution in [3.63, 3.8) is 0 Å². The van der Waals surface area contributed by atoms with E-state index in [2.05, 4.69) is 42.0 Å². The molecule has 2 aliphatic rings. The van der Waals surface area contributed by atoms with Crippen molar-refractivity contribution in [2.75, 3.05) is 39.8 Å². The van der Waals surface area contributed by atoms with E-state index >= 15 is 0 Å². The van der Waals surface area contributed by atoms with Crippen molar-refractivity contribution in [2.24, 2.45) is 5.73 Å². The summed E-state index contributed by atoms with van der Waals surface area (Å²) in [5, 5.41) is 0. The summed E-state index contributed by atoms with van der Waals surface area (Å²) in [5.74, 6) is 1.05. The van der Waals surface area contributed by atoms with E-state index in [4.69, 9.17) is 10.5 Å². The molecule has 1 aromatic rings. The largest absolute Gasteiger partial charge is 0.493 e. The van der Waals surface area contributed by atoms with E-state index in [1.807, 2.05) is 0 Å². The van der Waals surface area contributed by atoms with Crippen molar-refractivity contribution >= 4 is 0 Å². The van der Waals surface area contributed by atoms with Gasteiger partial charge in [0.1, 0.15) is 5.75 Å². The summed E-state index contributed by atoms with van der Waals surface area (Å²) in [6, 6.07) is 7.51. The third kappa shape index (κ3) is 2.55. The van der Waals surface area contributed by atoms with E-state index < -0.39 is 0 Å². The zero-order valence-corrected chi connectivity index (χ0v) is 12.5. The van der Waals surface area contributed by atoms with Crippen LogP contribution in [0.4, 0.5) is 0 Å². The number of benzene rings is 1. The molecule has 110 valence electrons. The van der Waals surface area contributed by atoms with Crippen molar-refractivity contribution in [2.45, 2.75) is 25.4 Å². The van der Waals surface area contributed by atoms with Crippen LogP contribution < -0.4 is 10.5 Å². The van der Waals surface area contributed by atoms with Crippen LogP contribution in [-0.4, -0.2) is 55.7 Å². The highest BCUT2D eigenvalue weighted by Gasteiger charge is 2.27. The van der Waals surface area contributed by atoms with E-state index in [0.29, 0.717) is 18.6 Å². The van der Waals surface area contributed by atoms with Crippen LogP contribution in [0.2, 0.25) is 0 Å². The van der Waals surface area contributed by atoms with Gasteiger partial charge in [-0.05, 0) is 31.2 Å². The Hall–Kier alpha value is -1.10. The van der Waals surface area contributed by atoms with Crippen LogP contribution in [0.3, 0.4) is 0 Å². The van der Waals surface area contributed by atoms with Crippen molar-refractivity contribution in [3.05, 3.63) is 29.3 Å². The van der Waals surface area contributed by atoms with Crippen LogP contribution in [0.1, 0.15) is 24.1 Å². The SMILES string of the molecule is CC1CN(C(CN)c2ccc3c(c2)CCO3)CCN1C. The normalized spacial score (nSPS) is 25.2. The summed E-state index contributed by atoms with van der Waals surface area (Å²) < 4.78 is 5.59. The Morgan fingerprint density at radius 1 is 1.40 bits per heavy atom. The van der Waals surface area contributed by atoms with Crippen molar-refractivity contribution < 1.29 is 4.74 Å². The Morgan fingerprint density at radius 2 is 2.25 bits per heavy atom. The second-order valence-electron chi connectivity index (χ2n) is 6.04. The van der Waals surface area contributed by atoms with Crippen molar-refractivity contribution in [1.82, 2.24) is 9.80 Å². The molecule has 2 aliphatic heterocycles. The third-order valence-electron chi connectivity index (χ3n) is 4.75. The van der Waals surface area contributed by atoms with Gasteiger partial charge in [-0.25, -0.2) is 0 Å². The minimum Gasteiger partial charge on any atom is -0.493 e. The molecular formula is C16H25N3O. The number of rotatable bonds is 3. The van der Waals surface area contributed by atoms with Gasteiger partial charge in [0.05, 0.1) is 6.61 Å². The Labute approximate surface area is 121 Å². The quantitative estimate of drug-likeness (QED) is 0.902. The molecule has 4 nitrogen and oxygen atoms in total. The fraction of sp³-hybridized carbons (Fsp3) is 0.625. The molecule has 3 rings (SSSR count). The number of likely N-dealkylation sites (N-methyl/N-ethyl adjacent to an activating group) is 1. The molecule has 2 heterocycles. The summed E-state index contributed by atoms with van der Waals surface area (Å²) in [7, 11) is 2.20. The second kappa shape index (κ2) is 5.72. The number of hydrogen-bond donors (Lipinski definition) is 1. The fourth-order valence-corrected chi connectivity index (χ4v) is 3.27. The zero-order valence-electron chi connectivity index (χ0n) is 12.5. The van der Waals surface area contributed by atoms with Crippen LogP contribution >= 0.6 is 0 Å². The minimum absolute atomic E-state index is 0.331. The maximum absolute atomic E-state index is 6.07. The molecule has 1 aromatic carbocycles. The summed E-state index contributed by atoms with van der Waals surface area (Å²) in [4.78, 5) is 4.95. The first-order valence-electron chi connectivity index (χ1n) is 7.59. The van der Waals surface area contributed by atoms with Gasteiger partial charge >= 0.3 is 0 Å². The first-order valence-corrected chi connectivity index (χ1v) is 7.59. The topological polar surface area (TPSA) is 41.7 Å². The van der Waals surface area contributed by atoms with Crippen LogP contribution in [0.5, 0.6) is 5.75 Å². The van der Waals surface area contributed by atoms with Crippen LogP contribution in [0.15, 0.2) is 18.2 Å². The molecule has 0 saturated carbocycles. The molecule has 0 bridgehead atoms. The summed E-state index contributed by atoms with van der Waals surface area (Å²) in [5.41, 5.74) is 8.75. The molecule has 0 amide bonds. The molecule has 1 fully saturated rings. The van der Waals surface area contributed by atoms with Crippen molar-refractivity contribution in [1.29, 1.82) is 0 Å². The molecule has 2 unspecified atom stereocenters. The lowest BCUT2D eigenvalue weighted by molar-refractivity contribution is 0.0741. The van der Waals surface area contributed by atoms with Gasteiger partial charge in [0.15, 0.2) is 0 Å². The van der Waals surface area contributed by atoms with Gasteiger partial charge in [-0.1, -0.05) is 12.1 Å². The lowest BCUT2D eigenvalue weighted by atomic mass is 10.00. The molecule has 1 saturated heterocycles. The molecule has 2 atom stereocenters. The van der Waals surface area contributed by atoms with Gasteiger partial charge in [0.2, 0.25) is 0 Å². The molecule has 0 aliphatic carbocycles. The van der Waals surface area contributed by atoms with Crippen LogP contribution in [0.25, 0.3) is 0 Å². The molecule has 0 spiro atoms. The highest BCUT2D eigenvalue weighted by molar-refractivity contribution is 5.41. The first-order chi connectivity index (χ1) is 9.69. The van der Waals surface area contributed by atoms with E-state index in [1.165, 1.54) is 11.1 Å². The van der Waals surface area contributed by atoms with Gasteiger partial charge in [0.25, 0.3) is 0 Å². The van der Waals surface area contributed by atoms with Crippen LogP contribution in [0, 0.1) is 0 Å². The molecule has 0 aromatic heterocycles. The van der Waals surface area contributed by atoms with Gasteiger partial charge in [-0.15, -0.1) is 0 Å². The van der Waals surface area contributed by atoms with Gasteiger partial charge in [-0.2, -0.15) is 0 Å². The van der Waals surface area contributed by atoms with Gasteiger partial charge in [0, 0.05) is 44.7 Å². The standard InChI is InChI=1S/C16H25N3O/c1-12-11-19(7-6-18(12)2)15(10-17)13-3-4-16-14(9-13)5-8-20-16/h3-4,9,12,15H,5-8,10-11,17H2,1-2H3. The first kappa shape index (κ1) is 13.9. The summed E-state index contributed by atoms with van der Waals surface area (Å²) >= 11 is 0. The Kier molecular flexibility index (Phi) is 3.96. The van der Waals surface area contributed by atoms with Crippen molar-refractivity contribution in [3.8, 4) is 5.75 Å². The minimum atomic E-state index is 0.331. The van der Waals surface area contributed by atoms with E-state index in [0.717, 1.165) is 38.4 Å². The van der Waals surface area contributed by atoms with Gasteiger partial charge < -0.3 is 15.4 Å². The average Bonchev–Trinajstić information content (AvgIpc) is 2.91.